The lowest BCUT2D eigenvalue weighted by Crippen LogP contribution is -2.41. The minimum Gasteiger partial charge on any atom is -0.318 e. The third-order valence-electron chi connectivity index (χ3n) is 4.25. The molecule has 0 aromatic carbocycles. The van der Waals surface area contributed by atoms with E-state index in [-0.39, 0.29) is 24.2 Å². The minimum absolute atomic E-state index is 0.0109. The maximum absolute atomic E-state index is 12.7. The third-order valence-corrected chi connectivity index (χ3v) is 5.18. The Morgan fingerprint density at radius 2 is 2.15 bits per heavy atom. The summed E-state index contributed by atoms with van der Waals surface area (Å²) in [6, 6.07) is 4.43. The van der Waals surface area contributed by atoms with Crippen LogP contribution in [0.1, 0.15) is 58.0 Å². The fourth-order valence-corrected chi connectivity index (χ4v) is 3.47. The van der Waals surface area contributed by atoms with Crippen LogP contribution in [0.5, 0.6) is 0 Å². The van der Waals surface area contributed by atoms with E-state index in [1.807, 2.05) is 0 Å². The summed E-state index contributed by atoms with van der Waals surface area (Å²) in [5.74, 6) is 0.742. The van der Waals surface area contributed by atoms with Gasteiger partial charge in [0.2, 0.25) is 5.91 Å². The zero-order valence-corrected chi connectivity index (χ0v) is 13.7. The molecular weight excluding hydrogens is 268 g/mol. The Kier molecular flexibility index (Phi) is 5.22. The molecule has 1 saturated heterocycles. The Morgan fingerprint density at radius 1 is 1.40 bits per heavy atom. The summed E-state index contributed by atoms with van der Waals surface area (Å²) in [6.07, 6.45) is 3.24. The number of hydrogen-bond acceptors (Lipinski definition) is 3. The molecule has 0 bridgehead atoms. The fourth-order valence-electron chi connectivity index (χ4n) is 2.69. The van der Waals surface area contributed by atoms with Crippen molar-refractivity contribution in [2.24, 2.45) is 5.92 Å². The molecule has 20 heavy (non-hydrogen) atoms. The standard InChI is InChI=1S/C16H26N2OS/c1-5-6-8-13-16(19)18(12(4)11(2)3)15(17-13)14-9-7-10-20-14/h7,9-13,15,17H,5-6,8H2,1-4H3. The van der Waals surface area contributed by atoms with Crippen LogP contribution in [0.15, 0.2) is 17.5 Å². The lowest BCUT2D eigenvalue weighted by Gasteiger charge is -2.32. The van der Waals surface area contributed by atoms with E-state index >= 15 is 0 Å². The monoisotopic (exact) mass is 294 g/mol. The Labute approximate surface area is 126 Å². The highest BCUT2D eigenvalue weighted by Crippen LogP contribution is 2.33. The van der Waals surface area contributed by atoms with Crippen molar-refractivity contribution in [2.45, 2.75) is 65.2 Å². The summed E-state index contributed by atoms with van der Waals surface area (Å²) < 4.78 is 0. The summed E-state index contributed by atoms with van der Waals surface area (Å²) in [7, 11) is 0. The number of carbonyl (C=O) groups is 1. The maximum Gasteiger partial charge on any atom is 0.241 e. The van der Waals surface area contributed by atoms with Gasteiger partial charge in [-0.1, -0.05) is 39.7 Å². The molecule has 0 radical (unpaired) electrons. The van der Waals surface area contributed by atoms with Crippen LogP contribution < -0.4 is 5.32 Å². The molecule has 1 aliphatic heterocycles. The average molecular weight is 294 g/mol. The summed E-state index contributed by atoms with van der Waals surface area (Å²) >= 11 is 1.72. The van der Waals surface area contributed by atoms with Crippen molar-refractivity contribution in [1.29, 1.82) is 0 Å². The van der Waals surface area contributed by atoms with Gasteiger partial charge in [0.05, 0.1) is 6.04 Å². The van der Waals surface area contributed by atoms with Gasteiger partial charge in [-0.25, -0.2) is 0 Å². The number of hydrogen-bond donors (Lipinski definition) is 1. The molecule has 4 heteroatoms. The highest BCUT2D eigenvalue weighted by atomic mass is 32.1. The van der Waals surface area contributed by atoms with Crippen LogP contribution in [0.2, 0.25) is 0 Å². The summed E-state index contributed by atoms with van der Waals surface area (Å²) in [5.41, 5.74) is 0. The normalized spacial score (nSPS) is 24.6. The molecule has 1 fully saturated rings. The van der Waals surface area contributed by atoms with Crippen molar-refractivity contribution in [3.63, 3.8) is 0 Å². The lowest BCUT2D eigenvalue weighted by molar-refractivity contribution is -0.133. The van der Waals surface area contributed by atoms with E-state index in [1.54, 1.807) is 11.3 Å². The molecular formula is C16H26N2OS. The first-order valence-electron chi connectivity index (χ1n) is 7.67. The predicted molar refractivity (Wildman–Crippen MR) is 84.7 cm³/mol. The van der Waals surface area contributed by atoms with E-state index in [1.165, 1.54) is 4.88 Å². The van der Waals surface area contributed by atoms with Crippen molar-refractivity contribution in [1.82, 2.24) is 10.2 Å². The van der Waals surface area contributed by atoms with Crippen LogP contribution in [0.25, 0.3) is 0 Å². The Bertz CT molecular complexity index is 430. The molecule has 1 aromatic rings. The number of unbranched alkanes of at least 4 members (excludes halogenated alkanes) is 1. The number of nitrogens with one attached hydrogen (secondary N) is 1. The van der Waals surface area contributed by atoms with E-state index < -0.39 is 0 Å². The van der Waals surface area contributed by atoms with Gasteiger partial charge in [0, 0.05) is 10.9 Å². The molecule has 0 saturated carbocycles. The molecule has 0 spiro atoms. The van der Waals surface area contributed by atoms with Crippen LogP contribution in [-0.2, 0) is 4.79 Å². The number of nitrogens with zero attached hydrogens (tertiary/aromatic N) is 1. The van der Waals surface area contributed by atoms with Crippen LogP contribution in [0.3, 0.4) is 0 Å². The molecule has 1 aromatic heterocycles. The van der Waals surface area contributed by atoms with E-state index in [9.17, 15) is 4.79 Å². The Morgan fingerprint density at radius 3 is 2.70 bits per heavy atom. The molecule has 2 rings (SSSR count). The minimum atomic E-state index is -0.0109. The highest BCUT2D eigenvalue weighted by Gasteiger charge is 2.42. The van der Waals surface area contributed by atoms with Gasteiger partial charge in [-0.15, -0.1) is 11.3 Å². The van der Waals surface area contributed by atoms with Crippen molar-refractivity contribution in [3.8, 4) is 0 Å². The van der Waals surface area contributed by atoms with Crippen molar-refractivity contribution in [2.75, 3.05) is 0 Å². The second-order valence-electron chi connectivity index (χ2n) is 6.01. The average Bonchev–Trinajstić information content (AvgIpc) is 3.03. The Balaban J connectivity index is 2.21. The molecule has 0 aliphatic carbocycles. The largest absolute Gasteiger partial charge is 0.318 e. The summed E-state index contributed by atoms with van der Waals surface area (Å²) in [6.45, 7) is 8.70. The van der Waals surface area contributed by atoms with Gasteiger partial charge < -0.3 is 4.90 Å². The van der Waals surface area contributed by atoms with Gasteiger partial charge in [-0.3, -0.25) is 10.1 Å². The second-order valence-corrected chi connectivity index (χ2v) is 6.99. The quantitative estimate of drug-likeness (QED) is 0.866. The van der Waals surface area contributed by atoms with Crippen molar-refractivity contribution >= 4 is 17.2 Å². The van der Waals surface area contributed by atoms with Gasteiger partial charge in [-0.2, -0.15) is 0 Å². The van der Waals surface area contributed by atoms with Gasteiger partial charge >= 0.3 is 0 Å². The van der Waals surface area contributed by atoms with E-state index in [0.29, 0.717) is 5.92 Å². The van der Waals surface area contributed by atoms with Gasteiger partial charge in [0.25, 0.3) is 0 Å². The smallest absolute Gasteiger partial charge is 0.241 e. The number of rotatable bonds is 6. The lowest BCUT2D eigenvalue weighted by atomic mass is 10.0. The first-order chi connectivity index (χ1) is 9.56. The number of amides is 1. The van der Waals surface area contributed by atoms with Crippen LogP contribution in [-0.4, -0.2) is 22.9 Å². The second kappa shape index (κ2) is 6.72. The van der Waals surface area contributed by atoms with Gasteiger partial charge in [0.1, 0.15) is 6.17 Å². The molecule has 1 amide bonds. The summed E-state index contributed by atoms with van der Waals surface area (Å²) in [5, 5.41) is 5.63. The van der Waals surface area contributed by atoms with E-state index in [0.717, 1.165) is 19.3 Å². The van der Waals surface area contributed by atoms with Crippen molar-refractivity contribution < 1.29 is 4.79 Å². The van der Waals surface area contributed by atoms with E-state index in [4.69, 9.17) is 0 Å². The molecule has 3 unspecified atom stereocenters. The number of thiophene rings is 1. The van der Waals surface area contributed by atoms with E-state index in [2.05, 4.69) is 55.4 Å². The summed E-state index contributed by atoms with van der Waals surface area (Å²) in [4.78, 5) is 16.0. The van der Waals surface area contributed by atoms with Crippen LogP contribution in [0.4, 0.5) is 0 Å². The Hall–Kier alpha value is -0.870. The van der Waals surface area contributed by atoms with Crippen LogP contribution in [0, 0.1) is 5.92 Å². The number of carbonyl (C=O) groups excluding carboxylic acids is 1. The molecule has 1 aliphatic rings. The SMILES string of the molecule is CCCCC1NC(c2cccs2)N(C(C)C(C)C)C1=O. The third kappa shape index (κ3) is 3.07. The molecule has 2 heterocycles. The zero-order chi connectivity index (χ0) is 14.7. The van der Waals surface area contributed by atoms with Gasteiger partial charge in [-0.05, 0) is 30.7 Å². The topological polar surface area (TPSA) is 32.3 Å². The molecule has 3 nitrogen and oxygen atoms in total. The molecule has 112 valence electrons. The molecule has 1 N–H and O–H groups in total. The predicted octanol–water partition coefficient (Wildman–Crippen LogP) is 3.78. The fraction of sp³-hybridized carbons (Fsp3) is 0.688. The zero-order valence-electron chi connectivity index (χ0n) is 12.9. The van der Waals surface area contributed by atoms with Gasteiger partial charge in [0.15, 0.2) is 0 Å². The first kappa shape index (κ1) is 15.5. The molecule has 3 atom stereocenters. The first-order valence-corrected chi connectivity index (χ1v) is 8.55. The maximum atomic E-state index is 12.7. The highest BCUT2D eigenvalue weighted by molar-refractivity contribution is 7.10. The van der Waals surface area contributed by atoms with Crippen LogP contribution >= 0.6 is 11.3 Å². The van der Waals surface area contributed by atoms with Crippen molar-refractivity contribution in [3.05, 3.63) is 22.4 Å².